The Hall–Kier alpha value is -1.47. The third-order valence-electron chi connectivity index (χ3n) is 2.97. The summed E-state index contributed by atoms with van der Waals surface area (Å²) in [6.45, 7) is 2.16. The molecule has 0 saturated carbocycles. The molecule has 7 heteroatoms. The van der Waals surface area contributed by atoms with Crippen LogP contribution in [0.3, 0.4) is 0 Å². The third-order valence-corrected chi connectivity index (χ3v) is 4.12. The molecule has 21 heavy (non-hydrogen) atoms. The van der Waals surface area contributed by atoms with Gasteiger partial charge in [-0.25, -0.2) is 9.37 Å². The largest absolute Gasteiger partial charge is 0.417 e. The molecule has 2 N–H and O–H groups in total. The lowest BCUT2D eigenvalue weighted by atomic mass is 10.1. The Morgan fingerprint density at radius 3 is 2.57 bits per heavy atom. The first-order chi connectivity index (χ1) is 9.86. The minimum Gasteiger partial charge on any atom is -0.326 e. The van der Waals surface area contributed by atoms with Crippen molar-refractivity contribution in [2.24, 2.45) is 5.73 Å². The fourth-order valence-electron chi connectivity index (χ4n) is 2.03. The average Bonchev–Trinajstić information content (AvgIpc) is 2.81. The van der Waals surface area contributed by atoms with Gasteiger partial charge in [-0.2, -0.15) is 13.2 Å². The zero-order chi connectivity index (χ0) is 15.6. The molecule has 0 bridgehead atoms. The molecule has 0 atom stereocenters. The smallest absolute Gasteiger partial charge is 0.326 e. The fraction of sp³-hybridized carbons (Fsp3) is 0.357. The number of alkyl halides is 3. The van der Waals surface area contributed by atoms with Crippen LogP contribution in [0.1, 0.15) is 29.5 Å². The predicted octanol–water partition coefficient (Wildman–Crippen LogP) is 4.38. The second-order valence-electron chi connectivity index (χ2n) is 4.53. The minimum atomic E-state index is -4.55. The predicted molar refractivity (Wildman–Crippen MR) is 74.4 cm³/mol. The Bertz CT molecular complexity index is 634. The number of halogens is 4. The zero-order valence-corrected chi connectivity index (χ0v) is 12.1. The Morgan fingerprint density at radius 1 is 1.29 bits per heavy atom. The van der Waals surface area contributed by atoms with Crippen LogP contribution in [0.15, 0.2) is 18.2 Å². The molecule has 0 aliphatic heterocycles. The van der Waals surface area contributed by atoms with E-state index in [2.05, 4.69) is 4.98 Å². The van der Waals surface area contributed by atoms with Gasteiger partial charge in [0, 0.05) is 17.0 Å². The van der Waals surface area contributed by atoms with Gasteiger partial charge in [0.2, 0.25) is 0 Å². The Balaban J connectivity index is 2.58. The van der Waals surface area contributed by atoms with Crippen molar-refractivity contribution in [1.29, 1.82) is 0 Å². The lowest BCUT2D eigenvalue weighted by Crippen LogP contribution is -2.07. The lowest BCUT2D eigenvalue weighted by Gasteiger charge is -2.10. The molecule has 2 rings (SSSR count). The van der Waals surface area contributed by atoms with Crippen molar-refractivity contribution in [1.82, 2.24) is 4.98 Å². The highest BCUT2D eigenvalue weighted by atomic mass is 32.1. The molecule has 0 aliphatic rings. The van der Waals surface area contributed by atoms with E-state index in [4.69, 9.17) is 5.73 Å². The molecule has 2 aromatic rings. The lowest BCUT2D eigenvalue weighted by molar-refractivity contribution is -0.137. The molecule has 0 fully saturated rings. The molecule has 0 unspecified atom stereocenters. The minimum absolute atomic E-state index is 0.158. The van der Waals surface area contributed by atoms with E-state index < -0.39 is 17.6 Å². The van der Waals surface area contributed by atoms with Crippen molar-refractivity contribution in [2.45, 2.75) is 32.5 Å². The van der Waals surface area contributed by atoms with Crippen LogP contribution in [-0.4, -0.2) is 4.98 Å². The number of nitrogens with two attached hydrogens (primary N) is 1. The van der Waals surface area contributed by atoms with E-state index in [1.807, 2.05) is 6.92 Å². The summed E-state index contributed by atoms with van der Waals surface area (Å²) in [7, 11) is 0. The van der Waals surface area contributed by atoms with Crippen molar-refractivity contribution in [2.75, 3.05) is 0 Å². The number of hydrogen-bond donors (Lipinski definition) is 1. The molecule has 2 nitrogen and oxygen atoms in total. The molecule has 0 amide bonds. The topological polar surface area (TPSA) is 38.9 Å². The van der Waals surface area contributed by atoms with Crippen molar-refractivity contribution < 1.29 is 17.6 Å². The van der Waals surface area contributed by atoms with Gasteiger partial charge in [0.1, 0.15) is 10.8 Å². The number of nitrogens with zero attached hydrogens (tertiary/aromatic N) is 1. The van der Waals surface area contributed by atoms with Crippen LogP contribution in [0.4, 0.5) is 17.6 Å². The molecule has 0 spiro atoms. The number of aryl methyl sites for hydroxylation is 1. The number of benzene rings is 1. The summed E-state index contributed by atoms with van der Waals surface area (Å²) < 4.78 is 52.4. The van der Waals surface area contributed by atoms with Crippen molar-refractivity contribution in [3.05, 3.63) is 40.2 Å². The quantitative estimate of drug-likeness (QED) is 0.850. The molecular weight excluding hydrogens is 304 g/mol. The van der Waals surface area contributed by atoms with E-state index in [9.17, 15) is 17.6 Å². The van der Waals surface area contributed by atoms with E-state index >= 15 is 0 Å². The van der Waals surface area contributed by atoms with E-state index in [-0.39, 0.29) is 17.1 Å². The van der Waals surface area contributed by atoms with Crippen LogP contribution in [0, 0.1) is 5.82 Å². The summed E-state index contributed by atoms with van der Waals surface area (Å²) >= 11 is 1.09. The molecule has 0 saturated heterocycles. The number of hydrogen-bond acceptors (Lipinski definition) is 3. The van der Waals surface area contributed by atoms with Crippen molar-refractivity contribution >= 4 is 11.3 Å². The molecular formula is C14H14F4N2S. The number of rotatable bonds is 4. The second-order valence-corrected chi connectivity index (χ2v) is 5.61. The molecule has 0 radical (unpaired) electrons. The highest BCUT2D eigenvalue weighted by Gasteiger charge is 2.34. The maximum absolute atomic E-state index is 13.3. The maximum Gasteiger partial charge on any atom is 0.417 e. The highest BCUT2D eigenvalue weighted by molar-refractivity contribution is 7.15. The fourth-order valence-corrected chi connectivity index (χ4v) is 3.05. The molecule has 0 aliphatic carbocycles. The maximum atomic E-state index is 13.3. The zero-order valence-electron chi connectivity index (χ0n) is 11.3. The van der Waals surface area contributed by atoms with E-state index in [1.165, 1.54) is 0 Å². The first-order valence-electron chi connectivity index (χ1n) is 6.42. The van der Waals surface area contributed by atoms with Gasteiger partial charge in [0.05, 0.1) is 11.3 Å². The normalized spacial score (nSPS) is 11.9. The highest BCUT2D eigenvalue weighted by Crippen LogP contribution is 2.39. The summed E-state index contributed by atoms with van der Waals surface area (Å²) in [5, 5.41) is 0.158. The summed E-state index contributed by atoms with van der Waals surface area (Å²) in [6, 6.07) is 2.42. The Labute approximate surface area is 123 Å². The standard InChI is InChI=1S/C14H14F4N2S/c1-2-3-11-12(7-19)21-13(20-11)9-6-8(15)4-5-10(9)14(16,17)18/h4-6H,2-3,7,19H2,1H3. The average molecular weight is 318 g/mol. The van der Waals surface area contributed by atoms with Crippen LogP contribution in [0.25, 0.3) is 10.6 Å². The molecule has 1 aromatic carbocycles. The monoisotopic (exact) mass is 318 g/mol. The van der Waals surface area contributed by atoms with Crippen molar-refractivity contribution in [3.8, 4) is 10.6 Å². The first-order valence-corrected chi connectivity index (χ1v) is 7.24. The van der Waals surface area contributed by atoms with Crippen LogP contribution in [0.2, 0.25) is 0 Å². The molecule has 114 valence electrons. The first kappa shape index (κ1) is 15.9. The summed E-state index contributed by atoms with van der Waals surface area (Å²) in [4.78, 5) is 4.97. The summed E-state index contributed by atoms with van der Waals surface area (Å²) in [6.07, 6.45) is -3.10. The molecule has 1 aromatic heterocycles. The van der Waals surface area contributed by atoms with Gasteiger partial charge in [-0.3, -0.25) is 0 Å². The van der Waals surface area contributed by atoms with Gasteiger partial charge in [-0.05, 0) is 24.6 Å². The van der Waals surface area contributed by atoms with Crippen molar-refractivity contribution in [3.63, 3.8) is 0 Å². The Morgan fingerprint density at radius 2 is 2.00 bits per heavy atom. The van der Waals surface area contributed by atoms with E-state index in [0.29, 0.717) is 12.1 Å². The number of thiazole rings is 1. The van der Waals surface area contributed by atoms with E-state index in [1.54, 1.807) is 0 Å². The second kappa shape index (κ2) is 6.11. The summed E-state index contributed by atoms with van der Waals surface area (Å²) in [5.74, 6) is -0.723. The Kier molecular flexibility index (Phi) is 4.63. The van der Waals surface area contributed by atoms with Gasteiger partial charge < -0.3 is 5.73 Å². The van der Waals surface area contributed by atoms with Crippen LogP contribution >= 0.6 is 11.3 Å². The van der Waals surface area contributed by atoms with Gasteiger partial charge in [0.25, 0.3) is 0 Å². The van der Waals surface area contributed by atoms with E-state index in [0.717, 1.165) is 40.8 Å². The summed E-state index contributed by atoms with van der Waals surface area (Å²) in [5.41, 5.74) is 5.18. The third kappa shape index (κ3) is 3.41. The van der Waals surface area contributed by atoms with Crippen LogP contribution < -0.4 is 5.73 Å². The van der Waals surface area contributed by atoms with Gasteiger partial charge in [-0.15, -0.1) is 11.3 Å². The van der Waals surface area contributed by atoms with Crippen LogP contribution in [-0.2, 0) is 19.1 Å². The van der Waals surface area contributed by atoms with Gasteiger partial charge in [-0.1, -0.05) is 13.3 Å². The SMILES string of the molecule is CCCc1nc(-c2cc(F)ccc2C(F)(F)F)sc1CN. The molecule has 1 heterocycles. The number of aromatic nitrogens is 1. The van der Waals surface area contributed by atoms with Crippen LogP contribution in [0.5, 0.6) is 0 Å². The van der Waals surface area contributed by atoms with Gasteiger partial charge >= 0.3 is 6.18 Å². The van der Waals surface area contributed by atoms with Gasteiger partial charge in [0.15, 0.2) is 0 Å².